The molecule has 174 valence electrons. The first-order valence-corrected chi connectivity index (χ1v) is 10.7. The molecule has 1 spiro atoms. The first-order chi connectivity index (χ1) is 14.7. The summed E-state index contributed by atoms with van der Waals surface area (Å²) < 4.78 is 12.0. The third-order valence-electron chi connectivity index (χ3n) is 7.69. The van der Waals surface area contributed by atoms with Crippen molar-refractivity contribution in [3.63, 3.8) is 0 Å². The lowest BCUT2D eigenvalue weighted by Crippen LogP contribution is -2.74. The zero-order chi connectivity index (χ0) is 22.1. The van der Waals surface area contributed by atoms with Crippen molar-refractivity contribution in [3.05, 3.63) is 40.7 Å². The molecule has 8 nitrogen and oxygen atoms in total. The smallest absolute Gasteiger partial charge is 0.314 e. The van der Waals surface area contributed by atoms with E-state index in [2.05, 4.69) is 4.90 Å². The Bertz CT molecular complexity index is 1010. The Morgan fingerprint density at radius 1 is 1.38 bits per heavy atom. The Morgan fingerprint density at radius 2 is 2.12 bits per heavy atom. The Kier molecular flexibility index (Phi) is 5.66. The van der Waals surface area contributed by atoms with Crippen LogP contribution in [-0.2, 0) is 32.8 Å². The summed E-state index contributed by atoms with van der Waals surface area (Å²) in [4.78, 5) is 25.9. The van der Waals surface area contributed by atoms with Crippen LogP contribution < -0.4 is 4.74 Å². The number of aliphatic hydroxyl groups is 3. The van der Waals surface area contributed by atoms with Gasteiger partial charge in [0.05, 0.1) is 24.0 Å². The number of carbonyl (C=O) groups is 2. The molecule has 32 heavy (non-hydrogen) atoms. The molecule has 5 rings (SSSR count). The largest absolute Gasteiger partial charge is 0.481 e. The van der Waals surface area contributed by atoms with Crippen LogP contribution in [0.1, 0.15) is 42.9 Å². The van der Waals surface area contributed by atoms with Crippen molar-refractivity contribution in [1.29, 1.82) is 0 Å². The third kappa shape index (κ3) is 2.90. The van der Waals surface area contributed by atoms with Crippen LogP contribution in [0, 0.1) is 0 Å². The van der Waals surface area contributed by atoms with Crippen LogP contribution in [0.2, 0.25) is 0 Å². The summed E-state index contributed by atoms with van der Waals surface area (Å²) in [5.74, 6) is -0.367. The molecule has 0 aromatic heterocycles. The molecule has 9 heteroatoms. The molecule has 1 aromatic carbocycles. The topological polar surface area (TPSA) is 117 Å². The van der Waals surface area contributed by atoms with Gasteiger partial charge in [0, 0.05) is 23.6 Å². The number of ether oxygens (including phenoxy) is 2. The van der Waals surface area contributed by atoms with Gasteiger partial charge in [-0.2, -0.15) is 0 Å². The molecule has 5 atom stereocenters. The molecule has 2 aliphatic carbocycles. The summed E-state index contributed by atoms with van der Waals surface area (Å²) in [6.45, 7) is 1.77. The lowest BCUT2D eigenvalue weighted by Gasteiger charge is -2.61. The van der Waals surface area contributed by atoms with E-state index in [9.17, 15) is 24.9 Å². The van der Waals surface area contributed by atoms with Gasteiger partial charge < -0.3 is 29.7 Å². The number of piperidine rings is 1. The molecule has 2 heterocycles. The number of likely N-dealkylation sites (N-methyl/N-ethyl adjacent to an activating group) is 1. The van der Waals surface area contributed by atoms with Crippen LogP contribution in [0.4, 0.5) is 0 Å². The maximum Gasteiger partial charge on any atom is 0.314 e. The van der Waals surface area contributed by atoms with Crippen molar-refractivity contribution in [3.8, 4) is 5.75 Å². The summed E-state index contributed by atoms with van der Waals surface area (Å²) in [6, 6.07) is 3.73. The second-order valence-electron chi connectivity index (χ2n) is 9.21. The number of esters is 1. The summed E-state index contributed by atoms with van der Waals surface area (Å²) >= 11 is 0. The highest BCUT2D eigenvalue weighted by molar-refractivity contribution is 5.86. The maximum atomic E-state index is 12.4. The molecule has 2 aliphatic heterocycles. The van der Waals surface area contributed by atoms with Crippen LogP contribution in [-0.4, -0.2) is 69.4 Å². The number of aliphatic hydroxyl groups excluding tert-OH is 2. The predicted octanol–water partition coefficient (Wildman–Crippen LogP) is 0.762. The average Bonchev–Trinajstić information content (AvgIpc) is 3.08. The van der Waals surface area contributed by atoms with Gasteiger partial charge in [-0.25, -0.2) is 0 Å². The minimum absolute atomic E-state index is 0. The fourth-order valence-corrected chi connectivity index (χ4v) is 6.11. The molecular formula is C23H28ClNO7. The van der Waals surface area contributed by atoms with Gasteiger partial charge in [-0.15, -0.1) is 12.4 Å². The fourth-order valence-electron chi connectivity index (χ4n) is 6.11. The maximum absolute atomic E-state index is 12.4. The first kappa shape index (κ1) is 23.2. The summed E-state index contributed by atoms with van der Waals surface area (Å²) in [5, 5.41) is 31.7. The van der Waals surface area contributed by atoms with E-state index in [1.807, 2.05) is 19.2 Å². The Hall–Kier alpha value is -1.97. The molecule has 0 saturated carbocycles. The van der Waals surface area contributed by atoms with Gasteiger partial charge >= 0.3 is 5.97 Å². The number of hydrogen-bond acceptors (Lipinski definition) is 8. The number of rotatable bonds is 5. The van der Waals surface area contributed by atoms with Crippen LogP contribution in [0.3, 0.4) is 0 Å². The standard InChI is InChI=1S/C23H27NO7.ClH/c1-12(26)15(27)10-18(28)30-16-5-6-23(29)17-9-13-3-4-14(11-25)20-19(13)22(23,21(16)31-20)7-8-24(17)2;/h3-5,15,17,21,25,27,29H,6-11H2,1-2H3;1H/t15-,17+,21-,22-,23+;/m0./s1. The molecule has 0 unspecified atom stereocenters. The highest BCUT2D eigenvalue weighted by atomic mass is 35.5. The lowest BCUT2D eigenvalue weighted by atomic mass is 9.50. The molecule has 0 amide bonds. The molecule has 1 fully saturated rings. The van der Waals surface area contributed by atoms with Crippen molar-refractivity contribution in [1.82, 2.24) is 4.90 Å². The first-order valence-electron chi connectivity index (χ1n) is 10.7. The van der Waals surface area contributed by atoms with Gasteiger partial charge in [0.15, 0.2) is 11.9 Å². The number of Topliss-reactive ketones (excluding diaryl/α,β-unsaturated/α-hetero) is 1. The van der Waals surface area contributed by atoms with Gasteiger partial charge in [0.1, 0.15) is 17.6 Å². The lowest BCUT2D eigenvalue weighted by molar-refractivity contribution is -0.170. The minimum Gasteiger partial charge on any atom is -0.481 e. The van der Waals surface area contributed by atoms with Crippen molar-refractivity contribution in [2.24, 2.45) is 0 Å². The highest BCUT2D eigenvalue weighted by Gasteiger charge is 2.71. The predicted molar refractivity (Wildman–Crippen MR) is 115 cm³/mol. The van der Waals surface area contributed by atoms with Gasteiger partial charge in [-0.1, -0.05) is 12.1 Å². The van der Waals surface area contributed by atoms with Crippen LogP contribution >= 0.6 is 12.4 Å². The zero-order valence-electron chi connectivity index (χ0n) is 18.0. The fraction of sp³-hybridized carbons (Fsp3) is 0.565. The van der Waals surface area contributed by atoms with Gasteiger partial charge in [0.25, 0.3) is 0 Å². The molecule has 0 radical (unpaired) electrons. The molecule has 1 aromatic rings. The molecule has 3 N–H and O–H groups in total. The SMILES string of the molecule is CC(=O)[C@@H](O)CC(=O)OC1=CC[C@@]2(O)[C@H]3Cc4ccc(CO)c5c4[C@@]2(CCN3C)[C@H]1O5.Cl. The molecule has 4 aliphatic rings. The quantitative estimate of drug-likeness (QED) is 0.546. The summed E-state index contributed by atoms with van der Waals surface area (Å²) in [7, 11) is 2.01. The highest BCUT2D eigenvalue weighted by Crippen LogP contribution is 2.64. The van der Waals surface area contributed by atoms with Crippen molar-refractivity contribution in [2.75, 3.05) is 13.6 Å². The van der Waals surface area contributed by atoms with Gasteiger partial charge in [-0.3, -0.25) is 9.59 Å². The summed E-state index contributed by atoms with van der Waals surface area (Å²) in [6.07, 6.45) is 0.700. The Labute approximate surface area is 192 Å². The minimum atomic E-state index is -1.41. The van der Waals surface area contributed by atoms with Crippen molar-refractivity contribution < 1.29 is 34.4 Å². The number of hydrogen-bond donors (Lipinski definition) is 3. The van der Waals surface area contributed by atoms with E-state index in [-0.39, 0.29) is 25.1 Å². The Morgan fingerprint density at radius 3 is 2.81 bits per heavy atom. The van der Waals surface area contributed by atoms with Crippen LogP contribution in [0.25, 0.3) is 0 Å². The van der Waals surface area contributed by atoms with E-state index in [0.29, 0.717) is 36.3 Å². The number of nitrogens with zero attached hydrogens (tertiary/aromatic N) is 1. The number of benzene rings is 1. The van der Waals surface area contributed by atoms with E-state index < -0.39 is 41.4 Å². The van der Waals surface area contributed by atoms with E-state index >= 15 is 0 Å². The number of likely N-dealkylation sites (tertiary alicyclic amines) is 1. The Balaban J connectivity index is 0.00000245. The second-order valence-corrected chi connectivity index (χ2v) is 9.21. The van der Waals surface area contributed by atoms with Gasteiger partial charge in [-0.05, 0) is 45.0 Å². The van der Waals surface area contributed by atoms with Crippen molar-refractivity contribution in [2.45, 2.75) is 68.5 Å². The normalized spacial score (nSPS) is 32.7. The van der Waals surface area contributed by atoms with Crippen LogP contribution in [0.5, 0.6) is 5.75 Å². The van der Waals surface area contributed by atoms with Crippen molar-refractivity contribution >= 4 is 24.2 Å². The molecular weight excluding hydrogens is 438 g/mol. The van der Waals surface area contributed by atoms with E-state index in [4.69, 9.17) is 9.47 Å². The second kappa shape index (κ2) is 7.81. The van der Waals surface area contributed by atoms with E-state index in [0.717, 1.165) is 17.7 Å². The number of carbonyl (C=O) groups excluding carboxylic acids is 2. The number of ketones is 1. The van der Waals surface area contributed by atoms with E-state index in [1.165, 1.54) is 6.92 Å². The van der Waals surface area contributed by atoms with E-state index in [1.54, 1.807) is 6.08 Å². The molecule has 1 saturated heterocycles. The van der Waals surface area contributed by atoms with Gasteiger partial charge in [0.2, 0.25) is 0 Å². The monoisotopic (exact) mass is 465 g/mol. The summed E-state index contributed by atoms with van der Waals surface area (Å²) in [5.41, 5.74) is 0.741. The average molecular weight is 466 g/mol. The number of halogens is 1. The third-order valence-corrected chi connectivity index (χ3v) is 7.69. The van der Waals surface area contributed by atoms with Crippen LogP contribution in [0.15, 0.2) is 24.0 Å². The zero-order valence-corrected chi connectivity index (χ0v) is 18.9. The molecule has 2 bridgehead atoms.